The zero-order valence-electron chi connectivity index (χ0n) is 15.3. The summed E-state index contributed by atoms with van der Waals surface area (Å²) in [7, 11) is 2.04. The molecule has 1 amide bonds. The highest BCUT2D eigenvalue weighted by Crippen LogP contribution is 2.25. The number of carbonyl (C=O) groups is 1. The maximum Gasteiger partial charge on any atom is 0.227 e. The molecule has 1 saturated heterocycles. The lowest BCUT2D eigenvalue weighted by Gasteiger charge is -2.39. The van der Waals surface area contributed by atoms with Gasteiger partial charge < -0.3 is 9.64 Å². The molecule has 0 aromatic heterocycles. The Morgan fingerprint density at radius 2 is 1.81 bits per heavy atom. The van der Waals surface area contributed by atoms with Gasteiger partial charge in [0.25, 0.3) is 0 Å². The molecule has 1 unspecified atom stereocenters. The van der Waals surface area contributed by atoms with Gasteiger partial charge in [-0.15, -0.1) is 0 Å². The van der Waals surface area contributed by atoms with Gasteiger partial charge in [-0.1, -0.05) is 24.3 Å². The standard InChI is InChI=1S/C21H25FN2O2/c1-3-26-19-10-4-16(5-11-19)14-21(25)24-13-12-23(2)20(15-24)17-6-8-18(22)9-7-17/h4-11,20H,3,12-15H2,1-2H3. The van der Waals surface area contributed by atoms with E-state index in [9.17, 15) is 9.18 Å². The Morgan fingerprint density at radius 1 is 1.12 bits per heavy atom. The van der Waals surface area contributed by atoms with E-state index < -0.39 is 0 Å². The second-order valence-corrected chi connectivity index (χ2v) is 6.64. The Kier molecular flexibility index (Phi) is 5.89. The van der Waals surface area contributed by atoms with Crippen molar-refractivity contribution in [3.05, 3.63) is 65.5 Å². The molecule has 26 heavy (non-hydrogen) atoms. The van der Waals surface area contributed by atoms with Gasteiger partial charge in [-0.25, -0.2) is 4.39 Å². The molecule has 0 saturated carbocycles. The van der Waals surface area contributed by atoms with E-state index in [0.29, 0.717) is 26.1 Å². The number of nitrogens with zero attached hydrogens (tertiary/aromatic N) is 2. The molecule has 138 valence electrons. The van der Waals surface area contributed by atoms with Crippen LogP contribution in [0, 0.1) is 5.82 Å². The number of rotatable bonds is 5. The van der Waals surface area contributed by atoms with Gasteiger partial charge in [0.1, 0.15) is 11.6 Å². The highest BCUT2D eigenvalue weighted by atomic mass is 19.1. The summed E-state index contributed by atoms with van der Waals surface area (Å²) in [6, 6.07) is 14.3. The van der Waals surface area contributed by atoms with Crippen molar-refractivity contribution in [3.8, 4) is 5.75 Å². The van der Waals surface area contributed by atoms with Crippen LogP contribution in [0.4, 0.5) is 4.39 Å². The van der Waals surface area contributed by atoms with Crippen LogP contribution in [-0.4, -0.2) is 49.0 Å². The van der Waals surface area contributed by atoms with Crippen LogP contribution in [0.5, 0.6) is 5.75 Å². The number of ether oxygens (including phenoxy) is 1. The number of halogens is 1. The van der Waals surface area contributed by atoms with Gasteiger partial charge in [-0.3, -0.25) is 9.69 Å². The third kappa shape index (κ3) is 4.41. The first kappa shape index (κ1) is 18.4. The molecular weight excluding hydrogens is 331 g/mol. The molecule has 2 aromatic rings. The second-order valence-electron chi connectivity index (χ2n) is 6.64. The predicted octanol–water partition coefficient (Wildman–Crippen LogP) is 3.28. The van der Waals surface area contributed by atoms with Crippen LogP contribution in [0.2, 0.25) is 0 Å². The quantitative estimate of drug-likeness (QED) is 0.824. The summed E-state index contributed by atoms with van der Waals surface area (Å²) in [5.74, 6) is 0.699. The van der Waals surface area contributed by atoms with Crippen LogP contribution in [0.3, 0.4) is 0 Å². The molecule has 0 radical (unpaired) electrons. The van der Waals surface area contributed by atoms with Crippen LogP contribution >= 0.6 is 0 Å². The molecular formula is C21H25FN2O2. The average Bonchev–Trinajstić information content (AvgIpc) is 2.65. The molecule has 1 fully saturated rings. The maximum absolute atomic E-state index is 13.2. The molecule has 5 heteroatoms. The van der Waals surface area contributed by atoms with Gasteiger partial charge in [-0.05, 0) is 49.4 Å². The van der Waals surface area contributed by atoms with Crippen molar-refractivity contribution in [1.82, 2.24) is 9.80 Å². The second kappa shape index (κ2) is 8.32. The lowest BCUT2D eigenvalue weighted by Crippen LogP contribution is -2.49. The molecule has 1 aliphatic rings. The third-order valence-corrected chi connectivity index (χ3v) is 4.85. The summed E-state index contributed by atoms with van der Waals surface area (Å²) >= 11 is 0. The van der Waals surface area contributed by atoms with Crippen LogP contribution in [0.25, 0.3) is 0 Å². The molecule has 0 aliphatic carbocycles. The van der Waals surface area contributed by atoms with Crippen LogP contribution < -0.4 is 4.74 Å². The lowest BCUT2D eigenvalue weighted by atomic mass is 10.0. The van der Waals surface area contributed by atoms with Crippen molar-refractivity contribution in [2.45, 2.75) is 19.4 Å². The topological polar surface area (TPSA) is 32.8 Å². The first-order valence-corrected chi connectivity index (χ1v) is 9.02. The van der Waals surface area contributed by atoms with E-state index in [1.54, 1.807) is 12.1 Å². The highest BCUT2D eigenvalue weighted by molar-refractivity contribution is 5.79. The zero-order chi connectivity index (χ0) is 18.5. The molecule has 3 rings (SSSR count). The number of likely N-dealkylation sites (N-methyl/N-ethyl adjacent to an activating group) is 1. The summed E-state index contributed by atoms with van der Waals surface area (Å²) in [5, 5.41) is 0. The fraction of sp³-hybridized carbons (Fsp3) is 0.381. The SMILES string of the molecule is CCOc1ccc(CC(=O)N2CCN(C)C(c3ccc(F)cc3)C2)cc1. The Balaban J connectivity index is 1.64. The summed E-state index contributed by atoms with van der Waals surface area (Å²) in [5.41, 5.74) is 2.02. The fourth-order valence-corrected chi connectivity index (χ4v) is 3.30. The number of carbonyl (C=O) groups excluding carboxylic acids is 1. The number of amides is 1. The minimum Gasteiger partial charge on any atom is -0.494 e. The summed E-state index contributed by atoms with van der Waals surface area (Å²) in [6.07, 6.45) is 0.381. The molecule has 0 bridgehead atoms. The van der Waals surface area contributed by atoms with E-state index in [-0.39, 0.29) is 17.8 Å². The summed E-state index contributed by atoms with van der Waals surface area (Å²) in [4.78, 5) is 16.9. The Labute approximate surface area is 154 Å². The summed E-state index contributed by atoms with van der Waals surface area (Å²) in [6.45, 7) is 4.71. The first-order chi connectivity index (χ1) is 12.6. The minimum atomic E-state index is -0.240. The Bertz CT molecular complexity index is 731. The van der Waals surface area contributed by atoms with E-state index in [1.165, 1.54) is 12.1 Å². The van der Waals surface area contributed by atoms with E-state index in [1.807, 2.05) is 43.1 Å². The lowest BCUT2D eigenvalue weighted by molar-refractivity contribution is -0.133. The Morgan fingerprint density at radius 3 is 2.46 bits per heavy atom. The van der Waals surface area contributed by atoms with Gasteiger partial charge >= 0.3 is 0 Å². The number of hydrogen-bond acceptors (Lipinski definition) is 3. The van der Waals surface area contributed by atoms with Crippen molar-refractivity contribution in [2.24, 2.45) is 0 Å². The van der Waals surface area contributed by atoms with Crippen molar-refractivity contribution in [1.29, 1.82) is 0 Å². The zero-order valence-corrected chi connectivity index (χ0v) is 15.3. The van der Waals surface area contributed by atoms with E-state index in [4.69, 9.17) is 4.74 Å². The van der Waals surface area contributed by atoms with E-state index >= 15 is 0 Å². The Hall–Kier alpha value is -2.40. The van der Waals surface area contributed by atoms with Gasteiger partial charge in [0.15, 0.2) is 0 Å². The van der Waals surface area contributed by atoms with Crippen molar-refractivity contribution in [2.75, 3.05) is 33.3 Å². The number of piperazine rings is 1. The monoisotopic (exact) mass is 356 g/mol. The van der Waals surface area contributed by atoms with Crippen LogP contribution in [0.15, 0.2) is 48.5 Å². The maximum atomic E-state index is 13.2. The van der Waals surface area contributed by atoms with Crippen LogP contribution in [0.1, 0.15) is 24.1 Å². The first-order valence-electron chi connectivity index (χ1n) is 9.02. The molecule has 2 aromatic carbocycles. The van der Waals surface area contributed by atoms with Crippen molar-refractivity contribution in [3.63, 3.8) is 0 Å². The van der Waals surface area contributed by atoms with Crippen molar-refractivity contribution >= 4 is 5.91 Å². The van der Waals surface area contributed by atoms with Gasteiger partial charge in [0.05, 0.1) is 19.1 Å². The normalized spacial score (nSPS) is 18.0. The van der Waals surface area contributed by atoms with E-state index in [2.05, 4.69) is 4.90 Å². The molecule has 0 spiro atoms. The molecule has 4 nitrogen and oxygen atoms in total. The predicted molar refractivity (Wildman–Crippen MR) is 99.7 cm³/mol. The number of benzene rings is 2. The van der Waals surface area contributed by atoms with Gasteiger partial charge in [0, 0.05) is 19.6 Å². The van der Waals surface area contributed by atoms with Crippen molar-refractivity contribution < 1.29 is 13.9 Å². The van der Waals surface area contributed by atoms with Gasteiger partial charge in [0.2, 0.25) is 5.91 Å². The third-order valence-electron chi connectivity index (χ3n) is 4.85. The fourth-order valence-electron chi connectivity index (χ4n) is 3.30. The van der Waals surface area contributed by atoms with E-state index in [0.717, 1.165) is 23.4 Å². The molecule has 1 aliphatic heterocycles. The van der Waals surface area contributed by atoms with Gasteiger partial charge in [-0.2, -0.15) is 0 Å². The smallest absolute Gasteiger partial charge is 0.227 e. The average molecular weight is 356 g/mol. The molecule has 0 N–H and O–H groups in total. The van der Waals surface area contributed by atoms with Crippen LogP contribution in [-0.2, 0) is 11.2 Å². The largest absolute Gasteiger partial charge is 0.494 e. The number of hydrogen-bond donors (Lipinski definition) is 0. The highest BCUT2D eigenvalue weighted by Gasteiger charge is 2.28. The minimum absolute atomic E-state index is 0.0913. The summed E-state index contributed by atoms with van der Waals surface area (Å²) < 4.78 is 18.6. The molecule has 1 heterocycles. The molecule has 1 atom stereocenters.